The fourth-order valence-electron chi connectivity index (χ4n) is 2.25. The normalized spacial score (nSPS) is 10.3. The topological polar surface area (TPSA) is 84.9 Å². The first-order valence-corrected chi connectivity index (χ1v) is 7.45. The molecule has 0 unspecified atom stereocenters. The van der Waals surface area contributed by atoms with E-state index < -0.39 is 0 Å². The first kappa shape index (κ1) is 15.7. The van der Waals surface area contributed by atoms with Crippen LogP contribution in [0.5, 0.6) is 5.75 Å². The van der Waals surface area contributed by atoms with Crippen LogP contribution in [0.3, 0.4) is 0 Å². The third-order valence-corrected chi connectivity index (χ3v) is 3.23. The molecule has 1 aromatic carbocycles. The largest absolute Gasteiger partial charge is 0.497 e. The lowest BCUT2D eigenvalue weighted by Crippen LogP contribution is -2.02. The Morgan fingerprint density at radius 2 is 1.67 bits per heavy atom. The van der Waals surface area contributed by atoms with Crippen molar-refractivity contribution in [1.82, 2.24) is 19.9 Å². The van der Waals surface area contributed by atoms with Gasteiger partial charge in [-0.15, -0.1) is 0 Å². The highest BCUT2D eigenvalue weighted by Crippen LogP contribution is 2.22. The molecule has 3 rings (SSSR count). The summed E-state index contributed by atoms with van der Waals surface area (Å²) in [7, 11) is 1.64. The zero-order chi connectivity index (χ0) is 16.9. The van der Waals surface area contributed by atoms with Gasteiger partial charge in [0.1, 0.15) is 35.4 Å². The van der Waals surface area contributed by atoms with Crippen molar-refractivity contribution in [3.63, 3.8) is 0 Å². The molecular weight excluding hydrogens is 304 g/mol. The van der Waals surface area contributed by atoms with Crippen LogP contribution in [0.1, 0.15) is 11.5 Å². The second-order valence-corrected chi connectivity index (χ2v) is 5.21. The van der Waals surface area contributed by atoms with Gasteiger partial charge < -0.3 is 15.4 Å². The zero-order valence-corrected chi connectivity index (χ0v) is 13.7. The summed E-state index contributed by atoms with van der Waals surface area (Å²) in [6.07, 6.45) is 1.49. The molecule has 122 valence electrons. The summed E-state index contributed by atoms with van der Waals surface area (Å²) in [4.78, 5) is 17.1. The van der Waals surface area contributed by atoms with Crippen LogP contribution in [-0.2, 0) is 0 Å². The summed E-state index contributed by atoms with van der Waals surface area (Å²) in [5.74, 6) is 3.50. The summed E-state index contributed by atoms with van der Waals surface area (Å²) in [6, 6.07) is 11.3. The van der Waals surface area contributed by atoms with Crippen molar-refractivity contribution in [3.05, 3.63) is 54.2 Å². The van der Waals surface area contributed by atoms with Crippen molar-refractivity contribution < 1.29 is 4.74 Å². The Kier molecular flexibility index (Phi) is 4.51. The van der Waals surface area contributed by atoms with Crippen molar-refractivity contribution in [2.45, 2.75) is 13.8 Å². The summed E-state index contributed by atoms with van der Waals surface area (Å²) < 4.78 is 5.22. The van der Waals surface area contributed by atoms with Crippen LogP contribution in [0, 0.1) is 13.8 Å². The van der Waals surface area contributed by atoms with Crippen LogP contribution in [0.25, 0.3) is 0 Å². The summed E-state index contributed by atoms with van der Waals surface area (Å²) in [6.45, 7) is 3.78. The number of benzene rings is 1. The van der Waals surface area contributed by atoms with E-state index in [4.69, 9.17) is 4.74 Å². The lowest BCUT2D eigenvalue weighted by molar-refractivity contribution is 0.415. The Balaban J connectivity index is 1.78. The Bertz CT molecular complexity index is 832. The predicted molar refractivity (Wildman–Crippen MR) is 93.1 cm³/mol. The maximum atomic E-state index is 5.22. The van der Waals surface area contributed by atoms with Crippen LogP contribution in [-0.4, -0.2) is 27.0 Å². The predicted octanol–water partition coefficient (Wildman–Crippen LogP) is 3.38. The molecule has 2 aromatic heterocycles. The van der Waals surface area contributed by atoms with E-state index in [1.165, 1.54) is 6.33 Å². The van der Waals surface area contributed by atoms with Crippen molar-refractivity contribution >= 4 is 23.1 Å². The smallest absolute Gasteiger partial charge is 0.137 e. The number of anilines is 4. The Labute approximate surface area is 140 Å². The van der Waals surface area contributed by atoms with E-state index in [0.717, 1.165) is 17.1 Å². The van der Waals surface area contributed by atoms with E-state index in [9.17, 15) is 0 Å². The molecule has 0 aliphatic rings. The lowest BCUT2D eigenvalue weighted by atomic mass is 10.3. The highest BCUT2D eigenvalue weighted by molar-refractivity contribution is 5.62. The van der Waals surface area contributed by atoms with Gasteiger partial charge >= 0.3 is 0 Å². The second-order valence-electron chi connectivity index (χ2n) is 5.21. The van der Waals surface area contributed by atoms with Crippen LogP contribution in [0.2, 0.25) is 0 Å². The van der Waals surface area contributed by atoms with Gasteiger partial charge in [-0.25, -0.2) is 19.9 Å². The Hall–Kier alpha value is -3.22. The highest BCUT2D eigenvalue weighted by Gasteiger charge is 2.04. The molecule has 0 saturated carbocycles. The molecule has 0 radical (unpaired) electrons. The maximum Gasteiger partial charge on any atom is 0.137 e. The van der Waals surface area contributed by atoms with Gasteiger partial charge in [-0.1, -0.05) is 6.07 Å². The number of aromatic nitrogens is 4. The van der Waals surface area contributed by atoms with E-state index in [-0.39, 0.29) is 0 Å². The lowest BCUT2D eigenvalue weighted by Gasteiger charge is -2.09. The van der Waals surface area contributed by atoms with Gasteiger partial charge in [0.2, 0.25) is 0 Å². The summed E-state index contributed by atoms with van der Waals surface area (Å²) >= 11 is 0. The van der Waals surface area contributed by atoms with Gasteiger partial charge in [0.05, 0.1) is 7.11 Å². The van der Waals surface area contributed by atoms with Gasteiger partial charge in [0.15, 0.2) is 0 Å². The summed E-state index contributed by atoms with van der Waals surface area (Å²) in [5, 5.41) is 6.39. The first-order valence-electron chi connectivity index (χ1n) is 7.45. The van der Waals surface area contributed by atoms with Crippen LogP contribution < -0.4 is 15.4 Å². The minimum absolute atomic E-state index is 0.646. The molecule has 0 fully saturated rings. The molecule has 24 heavy (non-hydrogen) atoms. The molecule has 7 nitrogen and oxygen atoms in total. The standard InChI is InChI=1S/C17H18N6O/c1-11-7-17(21-12(2)20-11)23-16-9-15(18-10-19-16)22-13-5-4-6-14(8-13)24-3/h4-10H,1-3H3,(H2,18,19,20,21,22,23). The average molecular weight is 322 g/mol. The fraction of sp³-hybridized carbons (Fsp3) is 0.176. The third-order valence-electron chi connectivity index (χ3n) is 3.23. The second kappa shape index (κ2) is 6.91. The zero-order valence-electron chi connectivity index (χ0n) is 13.7. The number of rotatable bonds is 5. The monoisotopic (exact) mass is 322 g/mol. The van der Waals surface area contributed by atoms with Crippen molar-refractivity contribution in [2.75, 3.05) is 17.7 Å². The number of nitrogens with one attached hydrogen (secondary N) is 2. The van der Waals surface area contributed by atoms with E-state index in [0.29, 0.717) is 23.3 Å². The molecular formula is C17H18N6O. The number of hydrogen-bond donors (Lipinski definition) is 2. The van der Waals surface area contributed by atoms with Crippen molar-refractivity contribution in [1.29, 1.82) is 0 Å². The molecule has 0 aliphatic carbocycles. The Morgan fingerprint density at radius 3 is 2.42 bits per heavy atom. The maximum absolute atomic E-state index is 5.22. The number of methoxy groups -OCH3 is 1. The average Bonchev–Trinajstić information content (AvgIpc) is 2.54. The molecule has 0 aliphatic heterocycles. The molecule has 7 heteroatoms. The van der Waals surface area contributed by atoms with E-state index >= 15 is 0 Å². The molecule has 0 spiro atoms. The molecule has 3 aromatic rings. The van der Waals surface area contributed by atoms with E-state index in [2.05, 4.69) is 30.6 Å². The van der Waals surface area contributed by atoms with E-state index in [1.54, 1.807) is 7.11 Å². The molecule has 0 amide bonds. The minimum atomic E-state index is 0.646. The number of ether oxygens (including phenoxy) is 1. The highest BCUT2D eigenvalue weighted by atomic mass is 16.5. The number of hydrogen-bond acceptors (Lipinski definition) is 7. The minimum Gasteiger partial charge on any atom is -0.497 e. The van der Waals surface area contributed by atoms with Crippen LogP contribution in [0.4, 0.5) is 23.1 Å². The number of nitrogens with zero attached hydrogens (tertiary/aromatic N) is 4. The van der Waals surface area contributed by atoms with E-state index in [1.807, 2.05) is 50.2 Å². The molecule has 0 bridgehead atoms. The number of aryl methyl sites for hydroxylation is 2. The quantitative estimate of drug-likeness (QED) is 0.745. The van der Waals surface area contributed by atoms with Crippen molar-refractivity contribution in [2.24, 2.45) is 0 Å². The molecule has 0 atom stereocenters. The van der Waals surface area contributed by atoms with Gasteiger partial charge in [0.25, 0.3) is 0 Å². The van der Waals surface area contributed by atoms with Crippen LogP contribution >= 0.6 is 0 Å². The molecule has 2 N–H and O–H groups in total. The third kappa shape index (κ3) is 3.95. The van der Waals surface area contributed by atoms with Gasteiger partial charge in [0, 0.05) is 29.6 Å². The van der Waals surface area contributed by atoms with Crippen LogP contribution in [0.15, 0.2) is 42.7 Å². The SMILES string of the molecule is COc1cccc(Nc2cc(Nc3cc(C)nc(C)n3)ncn2)c1. The fourth-order valence-corrected chi connectivity index (χ4v) is 2.25. The van der Waals surface area contributed by atoms with Crippen molar-refractivity contribution in [3.8, 4) is 5.75 Å². The van der Waals surface area contributed by atoms with Gasteiger partial charge in [-0.3, -0.25) is 0 Å². The first-order chi connectivity index (χ1) is 11.6. The van der Waals surface area contributed by atoms with Gasteiger partial charge in [-0.05, 0) is 26.0 Å². The van der Waals surface area contributed by atoms with Gasteiger partial charge in [-0.2, -0.15) is 0 Å². The molecule has 2 heterocycles. The Morgan fingerprint density at radius 1 is 0.875 bits per heavy atom. The summed E-state index contributed by atoms with van der Waals surface area (Å²) in [5.41, 5.74) is 1.78. The molecule has 0 saturated heterocycles.